The number of benzene rings is 2. The van der Waals surface area contributed by atoms with Crippen LogP contribution in [-0.4, -0.2) is 27.7 Å². The topological polar surface area (TPSA) is 84.5 Å². The number of halogens is 2. The van der Waals surface area contributed by atoms with Crippen LogP contribution in [0.4, 0.5) is 10.1 Å². The molecule has 0 aromatic heterocycles. The third-order valence-electron chi connectivity index (χ3n) is 3.67. The molecule has 2 aromatic carbocycles. The number of methoxy groups -OCH3 is 1. The highest BCUT2D eigenvalue weighted by Crippen LogP contribution is 2.29. The first-order chi connectivity index (χ1) is 12.0. The van der Waals surface area contributed by atoms with Crippen molar-refractivity contribution >= 4 is 33.2 Å². The average Bonchev–Trinajstić information content (AvgIpc) is 2.54. The summed E-state index contributed by atoms with van der Waals surface area (Å²) >= 11 is 6.04. The molecule has 6 nitrogen and oxygen atoms in total. The lowest BCUT2D eigenvalue weighted by Crippen LogP contribution is -2.51. The molecule has 2 N–H and O–H groups in total. The Hall–Kier alpha value is -2.16. The molecule has 0 bridgehead atoms. The van der Waals surface area contributed by atoms with Gasteiger partial charge in [-0.1, -0.05) is 23.7 Å². The Labute approximate surface area is 156 Å². The summed E-state index contributed by atoms with van der Waals surface area (Å²) < 4.78 is 44.1. The van der Waals surface area contributed by atoms with Crippen LogP contribution in [0.25, 0.3) is 0 Å². The van der Waals surface area contributed by atoms with Crippen LogP contribution in [0.15, 0.2) is 42.5 Å². The second-order valence-electron chi connectivity index (χ2n) is 5.81. The van der Waals surface area contributed by atoms with Crippen molar-refractivity contribution in [3.8, 4) is 5.75 Å². The number of amides is 1. The Morgan fingerprint density at radius 3 is 2.31 bits per heavy atom. The number of rotatable bonds is 6. The fraction of sp³-hybridized carbons (Fsp3) is 0.235. The average molecular weight is 401 g/mol. The third-order valence-corrected chi connectivity index (χ3v) is 4.75. The van der Waals surface area contributed by atoms with E-state index in [-0.39, 0.29) is 10.6 Å². The number of nitrogens with one attached hydrogen (secondary N) is 2. The molecule has 0 radical (unpaired) electrons. The van der Waals surface area contributed by atoms with E-state index in [2.05, 4.69) is 10.0 Å². The maximum absolute atomic E-state index is 13.2. The number of carbonyl (C=O) groups excluding carboxylic acids is 1. The summed E-state index contributed by atoms with van der Waals surface area (Å²) in [6.07, 6.45) is 0.937. The number of sulfonamides is 1. The summed E-state index contributed by atoms with van der Waals surface area (Å²) in [6, 6.07) is 9.58. The molecule has 0 fully saturated rings. The quantitative estimate of drug-likeness (QED) is 0.780. The Morgan fingerprint density at radius 2 is 1.81 bits per heavy atom. The molecule has 2 aromatic rings. The summed E-state index contributed by atoms with van der Waals surface area (Å²) in [6.45, 7) is 1.39. The maximum Gasteiger partial charge on any atom is 0.249 e. The minimum absolute atomic E-state index is 0.279. The second-order valence-corrected chi connectivity index (χ2v) is 7.97. The Bertz CT molecular complexity index is 919. The van der Waals surface area contributed by atoms with Gasteiger partial charge in [0.15, 0.2) is 0 Å². The Morgan fingerprint density at radius 1 is 1.19 bits per heavy atom. The molecule has 1 amide bonds. The van der Waals surface area contributed by atoms with Crippen LogP contribution in [0.1, 0.15) is 12.5 Å². The first-order valence-corrected chi connectivity index (χ1v) is 9.72. The van der Waals surface area contributed by atoms with E-state index >= 15 is 0 Å². The minimum Gasteiger partial charge on any atom is -0.495 e. The lowest BCUT2D eigenvalue weighted by Gasteiger charge is -2.29. The largest absolute Gasteiger partial charge is 0.495 e. The molecule has 0 saturated heterocycles. The van der Waals surface area contributed by atoms with Crippen molar-refractivity contribution in [2.75, 3.05) is 18.7 Å². The van der Waals surface area contributed by atoms with Crippen molar-refractivity contribution in [1.29, 1.82) is 0 Å². The van der Waals surface area contributed by atoms with Gasteiger partial charge >= 0.3 is 0 Å². The molecule has 0 aliphatic carbocycles. The summed E-state index contributed by atoms with van der Waals surface area (Å²) in [4.78, 5) is 12.9. The first kappa shape index (κ1) is 20.2. The van der Waals surface area contributed by atoms with E-state index in [0.29, 0.717) is 11.4 Å². The SMILES string of the molecule is COc1ccc(NC(=O)C(C)(NS(C)(=O)=O)c2ccc(F)cc2)cc1Cl. The molecule has 0 spiro atoms. The number of anilines is 1. The number of ether oxygens (including phenoxy) is 1. The molecule has 0 saturated carbocycles. The zero-order valence-electron chi connectivity index (χ0n) is 14.3. The fourth-order valence-electron chi connectivity index (χ4n) is 2.39. The van der Waals surface area contributed by atoms with E-state index in [4.69, 9.17) is 16.3 Å². The molecular formula is C17H18ClFN2O4S. The van der Waals surface area contributed by atoms with Gasteiger partial charge in [0.25, 0.3) is 0 Å². The molecule has 9 heteroatoms. The highest BCUT2D eigenvalue weighted by atomic mass is 35.5. The van der Waals surface area contributed by atoms with Crippen LogP contribution in [0, 0.1) is 5.82 Å². The van der Waals surface area contributed by atoms with E-state index in [1.54, 1.807) is 12.1 Å². The van der Waals surface area contributed by atoms with Gasteiger partial charge in [0.05, 0.1) is 18.4 Å². The predicted octanol–water partition coefficient (Wildman–Crippen LogP) is 2.89. The van der Waals surface area contributed by atoms with Crippen LogP contribution >= 0.6 is 11.6 Å². The summed E-state index contributed by atoms with van der Waals surface area (Å²) in [5, 5.41) is 2.89. The Kier molecular flexibility index (Phi) is 5.90. The number of hydrogen-bond donors (Lipinski definition) is 2. The molecule has 2 rings (SSSR count). The Balaban J connectivity index is 2.40. The van der Waals surface area contributed by atoms with Crippen molar-refractivity contribution in [1.82, 2.24) is 4.72 Å². The van der Waals surface area contributed by atoms with Gasteiger partial charge in [-0.3, -0.25) is 4.79 Å². The van der Waals surface area contributed by atoms with Gasteiger partial charge in [-0.15, -0.1) is 0 Å². The van der Waals surface area contributed by atoms with Gasteiger partial charge in [-0.25, -0.2) is 12.8 Å². The molecule has 26 heavy (non-hydrogen) atoms. The summed E-state index contributed by atoms with van der Waals surface area (Å²) in [5.74, 6) is -0.728. The number of hydrogen-bond acceptors (Lipinski definition) is 4. The first-order valence-electron chi connectivity index (χ1n) is 7.45. The zero-order chi connectivity index (χ0) is 19.5. The van der Waals surface area contributed by atoms with Crippen molar-refractivity contribution in [3.05, 3.63) is 58.9 Å². The monoisotopic (exact) mass is 400 g/mol. The molecule has 0 aliphatic rings. The predicted molar refractivity (Wildman–Crippen MR) is 98.4 cm³/mol. The summed E-state index contributed by atoms with van der Waals surface area (Å²) in [7, 11) is -2.29. The van der Waals surface area contributed by atoms with E-state index in [1.165, 1.54) is 32.2 Å². The lowest BCUT2D eigenvalue weighted by atomic mass is 9.92. The number of carbonyl (C=O) groups is 1. The van der Waals surface area contributed by atoms with Crippen LogP contribution in [0.3, 0.4) is 0 Å². The fourth-order valence-corrected chi connectivity index (χ4v) is 3.60. The van der Waals surface area contributed by atoms with E-state index < -0.39 is 27.3 Å². The van der Waals surface area contributed by atoms with Crippen molar-refractivity contribution in [2.45, 2.75) is 12.5 Å². The molecule has 0 aliphatic heterocycles. The van der Waals surface area contributed by atoms with Gasteiger partial charge in [-0.2, -0.15) is 4.72 Å². The van der Waals surface area contributed by atoms with Crippen LogP contribution in [0.5, 0.6) is 5.75 Å². The van der Waals surface area contributed by atoms with Crippen LogP contribution in [-0.2, 0) is 20.4 Å². The normalized spacial score (nSPS) is 13.7. The molecule has 0 heterocycles. The van der Waals surface area contributed by atoms with E-state index in [0.717, 1.165) is 18.4 Å². The van der Waals surface area contributed by atoms with Gasteiger partial charge in [0.2, 0.25) is 15.9 Å². The highest BCUT2D eigenvalue weighted by molar-refractivity contribution is 7.88. The molecule has 1 atom stereocenters. The van der Waals surface area contributed by atoms with E-state index in [1.807, 2.05) is 0 Å². The highest BCUT2D eigenvalue weighted by Gasteiger charge is 2.38. The molecule has 140 valence electrons. The van der Waals surface area contributed by atoms with Crippen molar-refractivity contribution in [2.24, 2.45) is 0 Å². The minimum atomic E-state index is -3.75. The molecule has 1 unspecified atom stereocenters. The van der Waals surface area contributed by atoms with Gasteiger partial charge in [0, 0.05) is 5.69 Å². The lowest BCUT2D eigenvalue weighted by molar-refractivity contribution is -0.121. The van der Waals surface area contributed by atoms with Gasteiger partial charge in [0.1, 0.15) is 17.1 Å². The van der Waals surface area contributed by atoms with E-state index in [9.17, 15) is 17.6 Å². The molecular weight excluding hydrogens is 383 g/mol. The van der Waals surface area contributed by atoms with Gasteiger partial charge < -0.3 is 10.1 Å². The standard InChI is InChI=1S/C17H18ClFN2O4S/c1-17(21-26(3,23)24,11-4-6-12(19)7-5-11)16(22)20-13-8-9-15(25-2)14(18)10-13/h4-10,21H,1-3H3,(H,20,22). The van der Waals surface area contributed by atoms with Crippen molar-refractivity contribution < 1.29 is 22.3 Å². The second kappa shape index (κ2) is 7.61. The van der Waals surface area contributed by atoms with Crippen molar-refractivity contribution in [3.63, 3.8) is 0 Å². The third kappa shape index (κ3) is 4.72. The summed E-state index contributed by atoms with van der Waals surface area (Å²) in [5.41, 5.74) is -1.03. The van der Waals surface area contributed by atoms with Gasteiger partial charge in [-0.05, 0) is 42.8 Å². The zero-order valence-corrected chi connectivity index (χ0v) is 15.9. The van der Waals surface area contributed by atoms with Crippen LogP contribution < -0.4 is 14.8 Å². The maximum atomic E-state index is 13.2. The smallest absolute Gasteiger partial charge is 0.249 e. The van der Waals surface area contributed by atoms with Crippen LogP contribution in [0.2, 0.25) is 5.02 Å².